The van der Waals surface area contributed by atoms with Crippen LogP contribution >= 0.6 is 31.0 Å². The molecule has 0 N–H and O–H groups in total. The number of nitrogens with zero attached hydrogens (tertiary/aromatic N) is 2. The second-order valence-corrected chi connectivity index (χ2v) is 7.53. The third-order valence-corrected chi connectivity index (χ3v) is 5.27. The van der Waals surface area contributed by atoms with E-state index >= 15 is 0 Å². The normalized spacial score (nSPS) is 13.4. The van der Waals surface area contributed by atoms with Gasteiger partial charge >= 0.3 is 7.82 Å². The molecule has 0 bridgehead atoms. The van der Waals surface area contributed by atoms with Crippen LogP contribution < -0.4 is 0 Å². The maximum Gasteiger partial charge on any atom is 0.550 e. The lowest BCUT2D eigenvalue weighted by Gasteiger charge is -2.13. The van der Waals surface area contributed by atoms with Crippen molar-refractivity contribution in [1.82, 2.24) is 0 Å². The number of rotatable bonds is 7. The van der Waals surface area contributed by atoms with Crippen molar-refractivity contribution in [3.63, 3.8) is 0 Å². The lowest BCUT2D eigenvalue weighted by Crippen LogP contribution is -2.00. The number of phosphoric ester groups is 1. The molecule has 0 saturated carbocycles. The quantitative estimate of drug-likeness (QED) is 0.305. The molecular formula is C18H17Cl2N2O4P. The number of allylic oxidation sites excluding steroid dienone is 6. The van der Waals surface area contributed by atoms with Crippen LogP contribution in [0.25, 0.3) is 5.57 Å². The van der Waals surface area contributed by atoms with Gasteiger partial charge in [0.1, 0.15) is 11.8 Å². The Kier molecular flexibility index (Phi) is 7.85. The molecular weight excluding hydrogens is 410 g/mol. The number of hydrogen-bond acceptors (Lipinski definition) is 6. The first-order valence-electron chi connectivity index (χ1n) is 8.04. The Morgan fingerprint density at radius 2 is 1.78 bits per heavy atom. The fourth-order valence-electron chi connectivity index (χ4n) is 2.16. The second kappa shape index (κ2) is 9.89. The minimum absolute atomic E-state index is 0.161. The van der Waals surface area contributed by atoms with Gasteiger partial charge in [0.15, 0.2) is 0 Å². The molecule has 6 nitrogen and oxygen atoms in total. The number of halogens is 2. The van der Waals surface area contributed by atoms with E-state index in [1.54, 1.807) is 56.4 Å². The Morgan fingerprint density at radius 3 is 2.30 bits per heavy atom. The van der Waals surface area contributed by atoms with Gasteiger partial charge in [-0.2, -0.15) is 5.26 Å². The minimum atomic E-state index is -3.73. The summed E-state index contributed by atoms with van der Waals surface area (Å²) in [5.74, 6) is 0. The molecule has 0 aliphatic heterocycles. The van der Waals surface area contributed by atoms with Crippen molar-refractivity contribution in [2.24, 2.45) is 5.16 Å². The molecule has 9 heteroatoms. The van der Waals surface area contributed by atoms with E-state index in [-0.39, 0.29) is 13.2 Å². The Bertz CT molecular complexity index is 888. The summed E-state index contributed by atoms with van der Waals surface area (Å²) in [6.45, 7) is 3.66. The van der Waals surface area contributed by atoms with E-state index in [0.717, 1.165) is 0 Å². The van der Waals surface area contributed by atoms with Crippen LogP contribution in [0.15, 0.2) is 53.2 Å². The maximum absolute atomic E-state index is 12.2. The van der Waals surface area contributed by atoms with Crippen LogP contribution in [-0.4, -0.2) is 18.9 Å². The Balaban J connectivity index is 2.24. The van der Waals surface area contributed by atoms with Crippen LogP contribution in [0.1, 0.15) is 19.4 Å². The monoisotopic (exact) mass is 426 g/mol. The molecule has 142 valence electrons. The number of phosphoric acid groups is 1. The van der Waals surface area contributed by atoms with Gasteiger partial charge in [-0.15, -0.1) is 0 Å². The molecule has 27 heavy (non-hydrogen) atoms. The van der Waals surface area contributed by atoms with Gasteiger partial charge in [-0.25, -0.2) is 4.57 Å². The van der Waals surface area contributed by atoms with Gasteiger partial charge in [-0.05, 0) is 43.7 Å². The molecule has 0 spiro atoms. The lowest BCUT2D eigenvalue weighted by atomic mass is 9.97. The third-order valence-electron chi connectivity index (χ3n) is 3.29. The first-order chi connectivity index (χ1) is 12.9. The molecule has 0 atom stereocenters. The third kappa shape index (κ3) is 5.80. The van der Waals surface area contributed by atoms with E-state index in [0.29, 0.717) is 32.5 Å². The summed E-state index contributed by atoms with van der Waals surface area (Å²) in [7, 11) is -3.73. The zero-order valence-corrected chi connectivity index (χ0v) is 17.1. The average molecular weight is 427 g/mol. The largest absolute Gasteiger partial charge is 0.550 e. The summed E-state index contributed by atoms with van der Waals surface area (Å²) in [5.41, 5.74) is 1.98. The van der Waals surface area contributed by atoms with E-state index < -0.39 is 7.82 Å². The van der Waals surface area contributed by atoms with E-state index in [4.69, 9.17) is 36.9 Å². The van der Waals surface area contributed by atoms with Crippen molar-refractivity contribution in [1.29, 1.82) is 5.26 Å². The van der Waals surface area contributed by atoms with Crippen LogP contribution in [0.5, 0.6) is 0 Å². The van der Waals surface area contributed by atoms with E-state index in [1.807, 2.05) is 0 Å². The highest BCUT2D eigenvalue weighted by molar-refractivity contribution is 7.48. The highest BCUT2D eigenvalue weighted by atomic mass is 35.5. The van der Waals surface area contributed by atoms with Gasteiger partial charge in [0.2, 0.25) is 0 Å². The number of oxime groups is 1. The first kappa shape index (κ1) is 21.4. The standard InChI is InChI=1S/C18H17Cl2N2O4P/c1-3-24-27(23,25-4-2)26-22-15-8-5-13(6-9-15)17(12-21)16-10-7-14(19)11-18(16)20/h5-11H,3-4H2,1-2H3. The van der Waals surface area contributed by atoms with Crippen molar-refractivity contribution < 1.29 is 18.2 Å². The molecule has 1 aliphatic carbocycles. The zero-order chi connectivity index (χ0) is 19.9. The molecule has 0 saturated heterocycles. The van der Waals surface area contributed by atoms with Crippen LogP contribution in [0, 0.1) is 11.3 Å². The predicted octanol–water partition coefficient (Wildman–Crippen LogP) is 5.95. The van der Waals surface area contributed by atoms with Crippen LogP contribution in [-0.2, 0) is 18.2 Å². The highest BCUT2D eigenvalue weighted by Crippen LogP contribution is 2.49. The van der Waals surface area contributed by atoms with Crippen molar-refractivity contribution in [2.75, 3.05) is 13.2 Å². The van der Waals surface area contributed by atoms with Gasteiger partial charge in [0.25, 0.3) is 0 Å². The Hall–Kier alpha value is -1.87. The van der Waals surface area contributed by atoms with E-state index in [2.05, 4.69) is 11.2 Å². The molecule has 0 unspecified atom stereocenters. The fraction of sp³-hybridized carbons (Fsp3) is 0.222. The summed E-state index contributed by atoms with van der Waals surface area (Å²) in [6.07, 6.45) is 6.58. The van der Waals surface area contributed by atoms with Crippen LogP contribution in [0.4, 0.5) is 0 Å². The van der Waals surface area contributed by atoms with E-state index in [9.17, 15) is 9.83 Å². The summed E-state index contributed by atoms with van der Waals surface area (Å²) in [5, 5.41) is 14.2. The van der Waals surface area contributed by atoms with Crippen LogP contribution in [0.3, 0.4) is 0 Å². The van der Waals surface area contributed by atoms with Crippen molar-refractivity contribution in [2.45, 2.75) is 13.8 Å². The summed E-state index contributed by atoms with van der Waals surface area (Å²) < 4.78 is 27.2. The lowest BCUT2D eigenvalue weighted by molar-refractivity contribution is 0.125. The number of benzene rings is 1. The first-order valence-corrected chi connectivity index (χ1v) is 10.3. The smallest absolute Gasteiger partial charge is 0.291 e. The molecule has 0 radical (unpaired) electrons. The fourth-order valence-corrected chi connectivity index (χ4v) is 3.66. The Labute approximate surface area is 167 Å². The zero-order valence-electron chi connectivity index (χ0n) is 14.7. The number of hydrogen-bond donors (Lipinski definition) is 0. The molecule has 1 aliphatic rings. The SMILES string of the molecule is CCOP(=O)(OCC)ON=C1C=CC(=C(C#N)c2ccc(Cl)cc2Cl)C=C1. The van der Waals surface area contributed by atoms with Crippen molar-refractivity contribution >= 4 is 42.3 Å². The van der Waals surface area contributed by atoms with Gasteiger partial charge in [0.05, 0.1) is 23.8 Å². The Morgan fingerprint density at radius 1 is 1.15 bits per heavy atom. The molecule has 1 aromatic rings. The molecule has 0 heterocycles. The summed E-state index contributed by atoms with van der Waals surface area (Å²) in [4.78, 5) is 0. The topological polar surface area (TPSA) is 80.9 Å². The predicted molar refractivity (Wildman–Crippen MR) is 107 cm³/mol. The molecule has 1 aromatic carbocycles. The van der Waals surface area contributed by atoms with Crippen LogP contribution in [0.2, 0.25) is 10.0 Å². The molecule has 0 aromatic heterocycles. The van der Waals surface area contributed by atoms with Crippen molar-refractivity contribution in [3.05, 3.63) is 63.7 Å². The molecule has 2 rings (SSSR count). The molecule has 0 fully saturated rings. The minimum Gasteiger partial charge on any atom is -0.291 e. The summed E-state index contributed by atoms with van der Waals surface area (Å²) in [6, 6.07) is 7.07. The molecule has 0 amide bonds. The van der Waals surface area contributed by atoms with Gasteiger partial charge in [-0.3, -0.25) is 13.7 Å². The number of nitriles is 1. The van der Waals surface area contributed by atoms with Gasteiger partial charge in [-0.1, -0.05) is 46.6 Å². The van der Waals surface area contributed by atoms with E-state index in [1.165, 1.54) is 0 Å². The summed E-state index contributed by atoms with van der Waals surface area (Å²) >= 11 is 12.1. The maximum atomic E-state index is 12.2. The van der Waals surface area contributed by atoms with Crippen molar-refractivity contribution in [3.8, 4) is 6.07 Å². The second-order valence-electron chi connectivity index (χ2n) is 5.11. The highest BCUT2D eigenvalue weighted by Gasteiger charge is 2.27. The average Bonchev–Trinajstić information content (AvgIpc) is 2.64. The van der Waals surface area contributed by atoms with Gasteiger partial charge < -0.3 is 0 Å². The van der Waals surface area contributed by atoms with Gasteiger partial charge in [0, 0.05) is 10.6 Å².